The van der Waals surface area contributed by atoms with Gasteiger partial charge in [-0.05, 0) is 25.1 Å². The van der Waals surface area contributed by atoms with Crippen LogP contribution in [0.1, 0.15) is 6.42 Å². The average Bonchev–Trinajstić information content (AvgIpc) is 3.01. The molecule has 0 saturated carbocycles. The fraction of sp³-hybridized carbons (Fsp3) is 0.357. The lowest BCUT2D eigenvalue weighted by molar-refractivity contribution is -0.115. The monoisotopic (exact) mass is 289 g/mol. The minimum absolute atomic E-state index is 0.0970. The third kappa shape index (κ3) is 4.88. The summed E-state index contributed by atoms with van der Waals surface area (Å²) in [6, 6.07) is 7.32. The normalized spacial score (nSPS) is 10.3. The van der Waals surface area contributed by atoms with E-state index < -0.39 is 0 Å². The van der Waals surface area contributed by atoms with Crippen molar-refractivity contribution in [1.29, 1.82) is 0 Å². The molecule has 0 atom stereocenters. The molecule has 1 amide bonds. The molecule has 0 fully saturated rings. The summed E-state index contributed by atoms with van der Waals surface area (Å²) in [6.07, 6.45) is 4.34. The minimum atomic E-state index is -0.0970. The Labute approximate surface area is 123 Å². The number of aromatic nitrogens is 3. The Kier molecular flexibility index (Phi) is 5.71. The second kappa shape index (κ2) is 8.01. The molecule has 7 nitrogen and oxygen atoms in total. The molecule has 0 unspecified atom stereocenters. The Hall–Kier alpha value is -2.41. The zero-order chi connectivity index (χ0) is 14.9. The highest BCUT2D eigenvalue weighted by Crippen LogP contribution is 2.22. The van der Waals surface area contributed by atoms with Crippen LogP contribution in [-0.4, -0.2) is 41.1 Å². The van der Waals surface area contributed by atoms with E-state index >= 15 is 0 Å². The van der Waals surface area contributed by atoms with E-state index in [4.69, 9.17) is 4.74 Å². The highest BCUT2D eigenvalue weighted by Gasteiger charge is 2.06. The van der Waals surface area contributed by atoms with Crippen molar-refractivity contribution in [3.8, 4) is 5.75 Å². The fourth-order valence-electron chi connectivity index (χ4n) is 1.86. The Morgan fingerprint density at radius 1 is 1.38 bits per heavy atom. The molecule has 0 aliphatic carbocycles. The summed E-state index contributed by atoms with van der Waals surface area (Å²) < 4.78 is 6.94. The molecule has 1 aromatic carbocycles. The smallest absolute Gasteiger partial charge is 0.238 e. The van der Waals surface area contributed by atoms with Crippen LogP contribution in [-0.2, 0) is 11.3 Å². The number of hydrogen-bond acceptors (Lipinski definition) is 5. The molecule has 1 aromatic heterocycles. The van der Waals surface area contributed by atoms with Gasteiger partial charge in [0.1, 0.15) is 5.75 Å². The molecular weight excluding hydrogens is 270 g/mol. The van der Waals surface area contributed by atoms with E-state index in [2.05, 4.69) is 20.9 Å². The van der Waals surface area contributed by atoms with Gasteiger partial charge in [0.25, 0.3) is 0 Å². The molecule has 2 aromatic rings. The third-order valence-corrected chi connectivity index (χ3v) is 2.88. The van der Waals surface area contributed by atoms with Crippen molar-refractivity contribution in [1.82, 2.24) is 20.3 Å². The largest absolute Gasteiger partial charge is 0.495 e. The Balaban J connectivity index is 1.65. The maximum absolute atomic E-state index is 11.8. The first kappa shape index (κ1) is 15.0. The van der Waals surface area contributed by atoms with Gasteiger partial charge in [0.05, 0.1) is 25.5 Å². The van der Waals surface area contributed by atoms with Gasteiger partial charge in [-0.25, -0.2) is 0 Å². The van der Waals surface area contributed by atoms with Crippen molar-refractivity contribution in [3.63, 3.8) is 0 Å². The predicted octanol–water partition coefficient (Wildman–Crippen LogP) is 0.905. The van der Waals surface area contributed by atoms with E-state index in [1.54, 1.807) is 30.1 Å². The number of anilines is 1. The molecule has 7 heteroatoms. The number of para-hydroxylation sites is 2. The van der Waals surface area contributed by atoms with E-state index in [-0.39, 0.29) is 12.5 Å². The van der Waals surface area contributed by atoms with Crippen molar-refractivity contribution in [2.45, 2.75) is 13.0 Å². The molecule has 0 spiro atoms. The van der Waals surface area contributed by atoms with Crippen LogP contribution < -0.4 is 15.4 Å². The maximum Gasteiger partial charge on any atom is 0.238 e. The van der Waals surface area contributed by atoms with E-state index in [1.165, 1.54) is 0 Å². The van der Waals surface area contributed by atoms with Crippen LogP contribution in [0.2, 0.25) is 0 Å². The first-order chi connectivity index (χ1) is 10.3. The summed E-state index contributed by atoms with van der Waals surface area (Å²) in [5, 5.41) is 13.5. The highest BCUT2D eigenvalue weighted by atomic mass is 16.5. The van der Waals surface area contributed by atoms with Crippen LogP contribution in [0, 0.1) is 0 Å². The van der Waals surface area contributed by atoms with Gasteiger partial charge in [0.2, 0.25) is 5.91 Å². The summed E-state index contributed by atoms with van der Waals surface area (Å²) in [5.41, 5.74) is 0.675. The summed E-state index contributed by atoms with van der Waals surface area (Å²) in [5.74, 6) is 0.553. The average molecular weight is 289 g/mol. The molecular formula is C14H19N5O2. The molecule has 2 N–H and O–H groups in total. The van der Waals surface area contributed by atoms with Crippen molar-refractivity contribution < 1.29 is 9.53 Å². The number of rotatable bonds is 8. The van der Waals surface area contributed by atoms with Gasteiger partial charge < -0.3 is 15.4 Å². The van der Waals surface area contributed by atoms with Crippen molar-refractivity contribution in [2.24, 2.45) is 0 Å². The molecule has 0 aliphatic rings. The number of benzene rings is 1. The quantitative estimate of drug-likeness (QED) is 0.706. The molecule has 21 heavy (non-hydrogen) atoms. The highest BCUT2D eigenvalue weighted by molar-refractivity contribution is 5.93. The zero-order valence-corrected chi connectivity index (χ0v) is 12.0. The minimum Gasteiger partial charge on any atom is -0.495 e. The van der Waals surface area contributed by atoms with Crippen LogP contribution in [0.15, 0.2) is 36.7 Å². The van der Waals surface area contributed by atoms with Gasteiger partial charge in [-0.15, -0.1) is 5.10 Å². The van der Waals surface area contributed by atoms with Crippen molar-refractivity contribution in [3.05, 3.63) is 36.7 Å². The molecule has 2 rings (SSSR count). The van der Waals surface area contributed by atoms with E-state index in [0.717, 1.165) is 19.5 Å². The lowest BCUT2D eigenvalue weighted by Gasteiger charge is -2.10. The third-order valence-electron chi connectivity index (χ3n) is 2.88. The van der Waals surface area contributed by atoms with Gasteiger partial charge in [-0.1, -0.05) is 17.3 Å². The lowest BCUT2D eigenvalue weighted by Crippen LogP contribution is -2.29. The zero-order valence-electron chi connectivity index (χ0n) is 12.0. The summed E-state index contributed by atoms with van der Waals surface area (Å²) in [7, 11) is 1.58. The second-order valence-corrected chi connectivity index (χ2v) is 4.44. The van der Waals surface area contributed by atoms with E-state index in [9.17, 15) is 4.79 Å². The van der Waals surface area contributed by atoms with Gasteiger partial charge in [0.15, 0.2) is 0 Å². The van der Waals surface area contributed by atoms with Crippen molar-refractivity contribution >= 4 is 11.6 Å². The Morgan fingerprint density at radius 3 is 3.00 bits per heavy atom. The van der Waals surface area contributed by atoms with E-state index in [1.807, 2.05) is 18.3 Å². The number of hydrogen-bond donors (Lipinski definition) is 2. The van der Waals surface area contributed by atoms with Gasteiger partial charge >= 0.3 is 0 Å². The number of carbonyl (C=O) groups is 1. The number of amides is 1. The SMILES string of the molecule is COc1ccccc1NC(=O)CNCCCn1ccnn1. The number of nitrogens with zero attached hydrogens (tertiary/aromatic N) is 3. The van der Waals surface area contributed by atoms with Crippen LogP contribution >= 0.6 is 0 Å². The first-order valence-electron chi connectivity index (χ1n) is 6.77. The topological polar surface area (TPSA) is 81.1 Å². The lowest BCUT2D eigenvalue weighted by atomic mass is 10.3. The number of aryl methyl sites for hydroxylation is 1. The molecule has 0 bridgehead atoms. The number of nitrogens with one attached hydrogen (secondary N) is 2. The van der Waals surface area contributed by atoms with Crippen LogP contribution in [0.5, 0.6) is 5.75 Å². The van der Waals surface area contributed by atoms with Crippen LogP contribution in [0.4, 0.5) is 5.69 Å². The fourth-order valence-corrected chi connectivity index (χ4v) is 1.86. The summed E-state index contributed by atoms with van der Waals surface area (Å²) >= 11 is 0. The number of methoxy groups -OCH3 is 1. The summed E-state index contributed by atoms with van der Waals surface area (Å²) in [6.45, 7) is 1.77. The van der Waals surface area contributed by atoms with Gasteiger partial charge in [0, 0.05) is 12.7 Å². The van der Waals surface area contributed by atoms with Gasteiger partial charge in [-0.2, -0.15) is 0 Å². The molecule has 0 saturated heterocycles. The molecule has 0 aliphatic heterocycles. The Morgan fingerprint density at radius 2 is 2.24 bits per heavy atom. The predicted molar refractivity (Wildman–Crippen MR) is 79.1 cm³/mol. The Bertz CT molecular complexity index is 556. The molecule has 0 radical (unpaired) electrons. The van der Waals surface area contributed by atoms with Gasteiger partial charge in [-0.3, -0.25) is 9.48 Å². The van der Waals surface area contributed by atoms with Crippen LogP contribution in [0.3, 0.4) is 0 Å². The van der Waals surface area contributed by atoms with Crippen molar-refractivity contribution in [2.75, 3.05) is 25.5 Å². The maximum atomic E-state index is 11.8. The second-order valence-electron chi connectivity index (χ2n) is 4.44. The van der Waals surface area contributed by atoms with E-state index in [0.29, 0.717) is 11.4 Å². The van der Waals surface area contributed by atoms with Crippen LogP contribution in [0.25, 0.3) is 0 Å². The number of carbonyl (C=O) groups excluding carboxylic acids is 1. The first-order valence-corrected chi connectivity index (χ1v) is 6.77. The summed E-state index contributed by atoms with van der Waals surface area (Å²) in [4.78, 5) is 11.8. The number of ether oxygens (including phenoxy) is 1. The molecule has 1 heterocycles. The standard InChI is InChI=1S/C14H19N5O2/c1-21-13-6-3-2-5-12(13)17-14(20)11-15-7-4-9-19-10-8-16-18-19/h2-3,5-6,8,10,15H,4,7,9,11H2,1H3,(H,17,20). The molecule has 112 valence electrons.